The molecule has 0 aliphatic rings. The summed E-state index contributed by atoms with van der Waals surface area (Å²) in [6.45, 7) is 2.89. The van der Waals surface area contributed by atoms with Gasteiger partial charge in [-0.25, -0.2) is 9.97 Å². The van der Waals surface area contributed by atoms with Crippen LogP contribution in [0.3, 0.4) is 0 Å². The highest BCUT2D eigenvalue weighted by Gasteiger charge is 2.08. The van der Waals surface area contributed by atoms with E-state index in [9.17, 15) is 0 Å². The van der Waals surface area contributed by atoms with Crippen LogP contribution in [-0.2, 0) is 0 Å². The predicted octanol–water partition coefficient (Wildman–Crippen LogP) is 2.46. The Bertz CT molecular complexity index is 467. The van der Waals surface area contributed by atoms with Crippen molar-refractivity contribution in [3.63, 3.8) is 0 Å². The molecule has 0 radical (unpaired) electrons. The molecule has 1 atom stereocenters. The number of aromatic nitrogens is 2. The van der Waals surface area contributed by atoms with Gasteiger partial charge in [0.15, 0.2) is 0 Å². The lowest BCUT2D eigenvalue weighted by Gasteiger charge is -2.10. The molecule has 2 rings (SSSR count). The van der Waals surface area contributed by atoms with Crippen molar-refractivity contribution in [2.45, 2.75) is 23.6 Å². The minimum Gasteiger partial charge on any atom is -0.330 e. The summed E-state index contributed by atoms with van der Waals surface area (Å²) in [7, 11) is 0. The topological polar surface area (TPSA) is 51.8 Å². The number of thioether (sulfide) groups is 1. The Kier molecular flexibility index (Phi) is 3.74. The van der Waals surface area contributed by atoms with Crippen LogP contribution in [0, 0.1) is 0 Å². The largest absolute Gasteiger partial charge is 0.330 e. The first-order valence-electron chi connectivity index (χ1n) is 5.37. The van der Waals surface area contributed by atoms with Crippen LogP contribution in [0.5, 0.6) is 0 Å². The maximum atomic E-state index is 5.55. The lowest BCUT2D eigenvalue weighted by molar-refractivity contribution is 0.821. The van der Waals surface area contributed by atoms with E-state index in [1.54, 1.807) is 18.1 Å². The fraction of sp³-hybridized carbons (Fsp3) is 0.333. The summed E-state index contributed by atoms with van der Waals surface area (Å²) in [4.78, 5) is 8.59. The molecule has 16 heavy (non-hydrogen) atoms. The highest BCUT2D eigenvalue weighted by molar-refractivity contribution is 8.00. The molecule has 0 aliphatic heterocycles. The summed E-state index contributed by atoms with van der Waals surface area (Å²) in [5, 5.41) is 2.66. The van der Waals surface area contributed by atoms with Crippen molar-refractivity contribution in [1.82, 2.24) is 9.97 Å². The van der Waals surface area contributed by atoms with E-state index in [0.29, 0.717) is 5.25 Å². The molecule has 0 saturated heterocycles. The second-order valence-corrected chi connectivity index (χ2v) is 5.13. The summed E-state index contributed by atoms with van der Waals surface area (Å²) in [5.74, 6) is 0. The molecule has 84 valence electrons. The average Bonchev–Trinajstić information content (AvgIpc) is 2.30. The average molecular weight is 233 g/mol. The third-order valence-corrected chi connectivity index (χ3v) is 3.58. The maximum Gasteiger partial charge on any atom is 0.117 e. The molecule has 0 bridgehead atoms. The summed E-state index contributed by atoms with van der Waals surface area (Å²) < 4.78 is 0. The highest BCUT2D eigenvalue weighted by atomic mass is 32.2. The van der Waals surface area contributed by atoms with E-state index in [4.69, 9.17) is 5.73 Å². The Labute approximate surface area is 99.5 Å². The number of benzene rings is 1. The normalized spacial score (nSPS) is 12.9. The van der Waals surface area contributed by atoms with E-state index < -0.39 is 0 Å². The molecule has 0 fully saturated rings. The van der Waals surface area contributed by atoms with Gasteiger partial charge in [0.2, 0.25) is 0 Å². The molecule has 4 heteroatoms. The van der Waals surface area contributed by atoms with Crippen molar-refractivity contribution in [3.8, 4) is 0 Å². The first-order chi connectivity index (χ1) is 7.81. The standard InChI is InChI=1S/C12H15N3S/c1-9(6-7-13)16-12-10-4-2-3-5-11(10)14-8-15-12/h2-5,8-9H,6-7,13H2,1H3. The summed E-state index contributed by atoms with van der Waals surface area (Å²) in [6, 6.07) is 8.08. The summed E-state index contributed by atoms with van der Waals surface area (Å²) in [6.07, 6.45) is 2.63. The first kappa shape index (κ1) is 11.4. The monoisotopic (exact) mass is 233 g/mol. The number of nitrogens with zero attached hydrogens (tertiary/aromatic N) is 2. The fourth-order valence-electron chi connectivity index (χ4n) is 1.56. The van der Waals surface area contributed by atoms with Gasteiger partial charge in [0.05, 0.1) is 5.52 Å². The van der Waals surface area contributed by atoms with Gasteiger partial charge in [-0.05, 0) is 19.0 Å². The van der Waals surface area contributed by atoms with Crippen molar-refractivity contribution in [2.24, 2.45) is 5.73 Å². The van der Waals surface area contributed by atoms with Crippen LogP contribution in [-0.4, -0.2) is 21.8 Å². The molecule has 3 nitrogen and oxygen atoms in total. The SMILES string of the molecule is CC(CCN)Sc1ncnc2ccccc12. The molecule has 1 unspecified atom stereocenters. The number of fused-ring (bicyclic) bond motifs is 1. The van der Waals surface area contributed by atoms with Gasteiger partial charge >= 0.3 is 0 Å². The molecular formula is C12H15N3S. The minimum absolute atomic E-state index is 0.489. The first-order valence-corrected chi connectivity index (χ1v) is 6.25. The molecular weight excluding hydrogens is 218 g/mol. The van der Waals surface area contributed by atoms with E-state index in [-0.39, 0.29) is 0 Å². The molecule has 0 amide bonds. The number of hydrogen-bond donors (Lipinski definition) is 1. The molecule has 1 aromatic carbocycles. The molecule has 2 aromatic rings. The second-order valence-electron chi connectivity index (χ2n) is 3.70. The van der Waals surface area contributed by atoms with Gasteiger partial charge in [-0.3, -0.25) is 0 Å². The van der Waals surface area contributed by atoms with Gasteiger partial charge in [0.25, 0.3) is 0 Å². The van der Waals surface area contributed by atoms with Gasteiger partial charge in [-0.1, -0.05) is 25.1 Å². The van der Waals surface area contributed by atoms with Crippen LogP contribution in [0.15, 0.2) is 35.6 Å². The minimum atomic E-state index is 0.489. The Morgan fingerprint density at radius 1 is 1.31 bits per heavy atom. The number of rotatable bonds is 4. The number of nitrogens with two attached hydrogens (primary N) is 1. The molecule has 0 saturated carbocycles. The van der Waals surface area contributed by atoms with Gasteiger partial charge in [0.1, 0.15) is 11.4 Å². The molecule has 0 aliphatic carbocycles. The number of hydrogen-bond acceptors (Lipinski definition) is 4. The Hall–Kier alpha value is -1.13. The van der Waals surface area contributed by atoms with E-state index >= 15 is 0 Å². The Morgan fingerprint density at radius 2 is 2.12 bits per heavy atom. The van der Waals surface area contributed by atoms with Crippen LogP contribution in [0.25, 0.3) is 10.9 Å². The lowest BCUT2D eigenvalue weighted by atomic mass is 10.2. The molecule has 0 spiro atoms. The van der Waals surface area contributed by atoms with Crippen LogP contribution < -0.4 is 5.73 Å². The summed E-state index contributed by atoms with van der Waals surface area (Å²) in [5.41, 5.74) is 6.55. The van der Waals surface area contributed by atoms with Gasteiger partial charge < -0.3 is 5.73 Å². The third kappa shape index (κ3) is 2.51. The zero-order valence-corrected chi connectivity index (χ0v) is 10.1. The van der Waals surface area contributed by atoms with E-state index in [2.05, 4.69) is 23.0 Å². The van der Waals surface area contributed by atoms with Gasteiger partial charge in [-0.2, -0.15) is 0 Å². The third-order valence-electron chi connectivity index (χ3n) is 2.39. The van der Waals surface area contributed by atoms with Crippen molar-refractivity contribution in [1.29, 1.82) is 0 Å². The van der Waals surface area contributed by atoms with Crippen LogP contribution in [0.2, 0.25) is 0 Å². The van der Waals surface area contributed by atoms with Crippen molar-refractivity contribution in [3.05, 3.63) is 30.6 Å². The smallest absolute Gasteiger partial charge is 0.117 e. The zero-order valence-electron chi connectivity index (χ0n) is 9.26. The van der Waals surface area contributed by atoms with Crippen molar-refractivity contribution < 1.29 is 0 Å². The summed E-state index contributed by atoms with van der Waals surface area (Å²) >= 11 is 1.77. The highest BCUT2D eigenvalue weighted by Crippen LogP contribution is 2.28. The van der Waals surface area contributed by atoms with Crippen molar-refractivity contribution in [2.75, 3.05) is 6.54 Å². The van der Waals surface area contributed by atoms with Gasteiger partial charge in [-0.15, -0.1) is 11.8 Å². The van der Waals surface area contributed by atoms with Crippen LogP contribution >= 0.6 is 11.8 Å². The Balaban J connectivity index is 2.30. The second kappa shape index (κ2) is 5.27. The van der Waals surface area contributed by atoms with E-state index in [1.807, 2.05) is 18.2 Å². The zero-order chi connectivity index (χ0) is 11.4. The van der Waals surface area contributed by atoms with E-state index in [0.717, 1.165) is 28.9 Å². The quantitative estimate of drug-likeness (QED) is 0.651. The predicted molar refractivity (Wildman–Crippen MR) is 68.5 cm³/mol. The fourth-order valence-corrected chi connectivity index (χ4v) is 2.60. The Morgan fingerprint density at radius 3 is 2.94 bits per heavy atom. The molecule has 2 N–H and O–H groups in total. The van der Waals surface area contributed by atoms with Gasteiger partial charge in [0, 0.05) is 10.6 Å². The van der Waals surface area contributed by atoms with Crippen LogP contribution in [0.1, 0.15) is 13.3 Å². The maximum absolute atomic E-state index is 5.55. The van der Waals surface area contributed by atoms with E-state index in [1.165, 1.54) is 0 Å². The van der Waals surface area contributed by atoms with Crippen LogP contribution in [0.4, 0.5) is 0 Å². The molecule has 1 aromatic heterocycles. The molecule has 1 heterocycles. The number of para-hydroxylation sites is 1. The lowest BCUT2D eigenvalue weighted by Crippen LogP contribution is -2.07. The van der Waals surface area contributed by atoms with Crippen molar-refractivity contribution >= 4 is 22.7 Å².